The molecule has 141 heavy (non-hydrogen) atoms. The Morgan fingerprint density at radius 2 is 0.433 bits per heavy atom. The standard InChI is InChI=1S/C84H112N2.C32H51N.C20H12Br2/c1-17-21-25-30-38-61-48-62(39-31-26-22-18-2)51-71(50-61)85(73-57-67(81(5,6)7)55-68(58-73)82(8,9)10)79-75-44-36-37-45-76(75)80(78-54-66(46-47-77(78)79)65-42-34-29-35-43-65)86(74-59-69(83(11,12)13)56-70(60-74)84(14,15)16)72-52-63(40-32-27-23-19-3)49-64(53-72)41-33-28-24-20-4;1-9-11-13-15-17-25-19-26(18-16-14-12-10-2)21-29(20-25)33-30-23-27(31(3,4)5)22-28(24-30)32(6,7)8;21-19-15-8-4-5-9-16(15)20(22)18-12-14(10-11-17(18)19)13-6-2-1-3-7-13/h29,34-37,42-60H,17-28,30-33,38-41H2,1-16H3;19-24,33H,9-18H2,1-8H3;1-12H. The van der Waals surface area contributed by atoms with Crippen LogP contribution in [0.15, 0.2) is 264 Å². The van der Waals surface area contributed by atoms with Crippen molar-refractivity contribution in [1.29, 1.82) is 0 Å². The maximum atomic E-state index is 3.81. The molecule has 14 aromatic carbocycles. The highest BCUT2D eigenvalue weighted by Crippen LogP contribution is 2.55. The number of nitrogens with zero attached hydrogens (tertiary/aromatic N) is 2. The Morgan fingerprint density at radius 1 is 0.199 bits per heavy atom. The summed E-state index contributed by atoms with van der Waals surface area (Å²) in [6, 6.07) is 98.7. The first-order valence-corrected chi connectivity index (χ1v) is 56.5. The van der Waals surface area contributed by atoms with E-state index in [2.05, 4.69) is 462 Å². The van der Waals surface area contributed by atoms with Gasteiger partial charge in [0.2, 0.25) is 0 Å². The molecule has 1 N–H and O–H groups in total. The monoisotopic (exact) mass is 2010 g/mol. The minimum atomic E-state index is -0.0882. The van der Waals surface area contributed by atoms with E-state index in [4.69, 9.17) is 0 Å². The SMILES string of the molecule is Brc1c2ccccc2c(Br)c2cc(-c3ccccc3)ccc12.CCCCCCc1cc(CCCCCC)cc(N(c2cc(C(C)(C)C)cc(C(C)(C)C)c2)c2c3ccccc3c(N(c3cc(CCCCCC)cc(CCCCCC)c3)c3cc(C(C)(C)C)cc(C(C)(C)C)c3)c3cc(-c4ccccc4)ccc23)c1.CCCCCCc1cc(CCCCCC)cc(Nc2cc(C(C)(C)C)cc(C(C)(C)C)c2)c1. The Kier molecular flexibility index (Phi) is 39.7. The second kappa shape index (κ2) is 50.8. The van der Waals surface area contributed by atoms with Gasteiger partial charge in [0.25, 0.3) is 0 Å². The summed E-state index contributed by atoms with van der Waals surface area (Å²) >= 11 is 7.58. The van der Waals surface area contributed by atoms with E-state index in [1.807, 2.05) is 6.07 Å². The van der Waals surface area contributed by atoms with E-state index in [1.165, 1.54) is 345 Å². The fourth-order valence-corrected chi connectivity index (χ4v) is 21.4. The number of hydrogen-bond acceptors (Lipinski definition) is 3. The second-order valence-electron chi connectivity index (χ2n) is 47.2. The molecule has 0 atom stereocenters. The van der Waals surface area contributed by atoms with E-state index in [0.717, 1.165) is 34.6 Å². The fraction of sp³-hybridized carbons (Fsp3) is 0.441. The van der Waals surface area contributed by atoms with Crippen LogP contribution in [-0.4, -0.2) is 0 Å². The van der Waals surface area contributed by atoms with Gasteiger partial charge < -0.3 is 15.1 Å². The lowest BCUT2D eigenvalue weighted by atomic mass is 9.80. The fourth-order valence-electron chi connectivity index (χ4n) is 20.0. The molecule has 0 spiro atoms. The molecular formula is C136H175Br2N3. The van der Waals surface area contributed by atoms with E-state index < -0.39 is 0 Å². The molecule has 0 saturated carbocycles. The molecule has 748 valence electrons. The first-order chi connectivity index (χ1) is 67.3. The van der Waals surface area contributed by atoms with Crippen molar-refractivity contribution in [3.63, 3.8) is 0 Å². The lowest BCUT2D eigenvalue weighted by molar-refractivity contribution is 0.568. The molecular weight excluding hydrogens is 1840 g/mol. The third kappa shape index (κ3) is 30.3. The van der Waals surface area contributed by atoms with Gasteiger partial charge in [-0.15, -0.1) is 0 Å². The molecule has 0 aliphatic heterocycles. The van der Waals surface area contributed by atoms with Crippen LogP contribution in [0.5, 0.6) is 0 Å². The van der Waals surface area contributed by atoms with Gasteiger partial charge in [0.15, 0.2) is 0 Å². The maximum Gasteiger partial charge on any atom is 0.0620 e. The zero-order valence-corrected chi connectivity index (χ0v) is 94.8. The predicted octanol–water partition coefficient (Wildman–Crippen LogP) is 43.7. The second-order valence-corrected chi connectivity index (χ2v) is 48.8. The molecule has 0 saturated heterocycles. The van der Waals surface area contributed by atoms with Gasteiger partial charge in [-0.25, -0.2) is 0 Å². The van der Waals surface area contributed by atoms with Gasteiger partial charge in [-0.3, -0.25) is 0 Å². The van der Waals surface area contributed by atoms with Crippen molar-refractivity contribution < 1.29 is 0 Å². The van der Waals surface area contributed by atoms with Crippen LogP contribution in [0.25, 0.3) is 65.3 Å². The first kappa shape index (κ1) is 110. The summed E-state index contributed by atoms with van der Waals surface area (Å²) in [5, 5.41) is 13.7. The van der Waals surface area contributed by atoms with Crippen molar-refractivity contribution in [1.82, 2.24) is 0 Å². The molecule has 0 heterocycles. The zero-order chi connectivity index (χ0) is 101. The van der Waals surface area contributed by atoms with Crippen molar-refractivity contribution in [3.8, 4) is 22.3 Å². The molecule has 0 radical (unpaired) electrons. The van der Waals surface area contributed by atoms with Crippen LogP contribution in [0.4, 0.5) is 45.5 Å². The molecule has 0 fully saturated rings. The predicted molar refractivity (Wildman–Crippen MR) is 634 cm³/mol. The maximum absolute atomic E-state index is 3.81. The highest BCUT2D eigenvalue weighted by atomic mass is 79.9. The Bertz CT molecular complexity index is 6190. The average Bonchev–Trinajstić information content (AvgIpc) is 0.424. The molecule has 0 aliphatic carbocycles. The van der Waals surface area contributed by atoms with Gasteiger partial charge in [-0.1, -0.05) is 452 Å². The summed E-state index contributed by atoms with van der Waals surface area (Å²) in [5.41, 5.74) is 31.7. The molecule has 3 nitrogen and oxygen atoms in total. The summed E-state index contributed by atoms with van der Waals surface area (Å²) < 4.78 is 2.31. The van der Waals surface area contributed by atoms with Crippen LogP contribution in [0.1, 0.15) is 387 Å². The molecule has 0 aromatic heterocycles. The Balaban J connectivity index is 0.000000259. The third-order valence-corrected chi connectivity index (χ3v) is 30.6. The molecule has 0 unspecified atom stereocenters. The highest BCUT2D eigenvalue weighted by molar-refractivity contribution is 9.11. The molecule has 14 aromatic rings. The quantitative estimate of drug-likeness (QED) is 0.0235. The van der Waals surface area contributed by atoms with Crippen LogP contribution in [0.3, 0.4) is 0 Å². The lowest BCUT2D eigenvalue weighted by Crippen LogP contribution is -2.20. The summed E-state index contributed by atoms with van der Waals surface area (Å²) in [4.78, 5) is 5.48. The van der Waals surface area contributed by atoms with E-state index in [-0.39, 0.29) is 32.5 Å². The van der Waals surface area contributed by atoms with Crippen LogP contribution >= 0.6 is 31.9 Å². The first-order valence-electron chi connectivity index (χ1n) is 54.9. The zero-order valence-electron chi connectivity index (χ0n) is 91.6. The van der Waals surface area contributed by atoms with Crippen molar-refractivity contribution in [2.24, 2.45) is 0 Å². The highest BCUT2D eigenvalue weighted by Gasteiger charge is 2.33. The van der Waals surface area contributed by atoms with Gasteiger partial charge in [0.1, 0.15) is 0 Å². The van der Waals surface area contributed by atoms with Crippen LogP contribution in [0, 0.1) is 0 Å². The summed E-state index contributed by atoms with van der Waals surface area (Å²) in [6.45, 7) is 56.5. The Morgan fingerprint density at radius 3 is 0.738 bits per heavy atom. The van der Waals surface area contributed by atoms with Crippen LogP contribution in [0.2, 0.25) is 0 Å². The smallest absolute Gasteiger partial charge is 0.0620 e. The van der Waals surface area contributed by atoms with E-state index in [1.54, 1.807) is 0 Å². The Labute approximate surface area is 872 Å². The number of aryl methyl sites for hydroxylation is 6. The number of nitrogens with one attached hydrogen (secondary N) is 1. The van der Waals surface area contributed by atoms with Gasteiger partial charge in [-0.05, 0) is 337 Å². The largest absolute Gasteiger partial charge is 0.355 e. The Hall–Kier alpha value is -9.52. The van der Waals surface area contributed by atoms with Gasteiger partial charge in [0.05, 0.1) is 11.4 Å². The van der Waals surface area contributed by atoms with E-state index in [0.29, 0.717) is 0 Å². The number of hydrogen-bond donors (Lipinski definition) is 1. The number of unbranched alkanes of at least 4 members (excludes halogenated alkanes) is 18. The van der Waals surface area contributed by atoms with E-state index in [9.17, 15) is 0 Å². The van der Waals surface area contributed by atoms with Crippen molar-refractivity contribution >= 4 is 120 Å². The molecule has 0 bridgehead atoms. The minimum absolute atomic E-state index is 0.0841. The van der Waals surface area contributed by atoms with Crippen molar-refractivity contribution in [2.75, 3.05) is 15.1 Å². The van der Waals surface area contributed by atoms with Crippen molar-refractivity contribution in [2.45, 2.75) is 391 Å². The molecule has 14 rings (SSSR count). The molecule has 0 aliphatic rings. The summed E-state index contributed by atoms with van der Waals surface area (Å²) in [5.74, 6) is 0. The van der Waals surface area contributed by atoms with Crippen LogP contribution < -0.4 is 15.1 Å². The summed E-state index contributed by atoms with van der Waals surface area (Å²) in [7, 11) is 0. The van der Waals surface area contributed by atoms with Crippen molar-refractivity contribution in [3.05, 3.63) is 330 Å². The molecule has 5 heteroatoms. The van der Waals surface area contributed by atoms with Gasteiger partial charge >= 0.3 is 0 Å². The number of anilines is 8. The van der Waals surface area contributed by atoms with Crippen LogP contribution in [-0.2, 0) is 71.0 Å². The number of fused-ring (bicyclic) bond motifs is 4. The lowest BCUT2D eigenvalue weighted by Gasteiger charge is -2.36. The molecule has 0 amide bonds. The normalized spacial score (nSPS) is 12.2. The van der Waals surface area contributed by atoms with Gasteiger partial charge in [-0.2, -0.15) is 0 Å². The third-order valence-electron chi connectivity index (χ3n) is 28.8. The summed E-state index contributed by atoms with van der Waals surface area (Å²) in [6.07, 6.45) is 37.1. The number of rotatable bonds is 40. The average molecular weight is 2010 g/mol. The number of halogens is 2. The van der Waals surface area contributed by atoms with E-state index >= 15 is 0 Å². The van der Waals surface area contributed by atoms with Gasteiger partial charge in [0, 0.05) is 64.6 Å². The minimum Gasteiger partial charge on any atom is -0.355 e. The number of benzene rings is 14. The topological polar surface area (TPSA) is 18.5 Å².